The molecule has 0 atom stereocenters. The number of aromatic amines is 1. The Balaban J connectivity index is 2.62. The first kappa shape index (κ1) is 10.4. The zero-order valence-corrected chi connectivity index (χ0v) is 9.02. The van der Waals surface area contributed by atoms with Crippen LogP contribution in [-0.4, -0.2) is 34.9 Å². The SMILES string of the molecule is CN(C)C(=O)c1ccc2c(=O)[nH]cnc2c1. The fraction of sp³-hybridized carbons (Fsp3) is 0.182. The zero-order valence-electron chi connectivity index (χ0n) is 9.02. The second-order valence-electron chi connectivity index (χ2n) is 3.66. The van der Waals surface area contributed by atoms with Crippen molar-refractivity contribution in [2.45, 2.75) is 0 Å². The average Bonchev–Trinajstić information content (AvgIpc) is 2.28. The molecule has 0 aliphatic heterocycles. The molecule has 16 heavy (non-hydrogen) atoms. The summed E-state index contributed by atoms with van der Waals surface area (Å²) in [6, 6.07) is 4.85. The van der Waals surface area contributed by atoms with E-state index in [9.17, 15) is 9.59 Å². The number of carbonyl (C=O) groups excluding carboxylic acids is 1. The van der Waals surface area contributed by atoms with Gasteiger partial charge in [-0.1, -0.05) is 0 Å². The molecule has 0 radical (unpaired) electrons. The summed E-state index contributed by atoms with van der Waals surface area (Å²) in [6.45, 7) is 0. The Morgan fingerprint density at radius 1 is 1.38 bits per heavy atom. The highest BCUT2D eigenvalue weighted by Gasteiger charge is 2.09. The first-order chi connectivity index (χ1) is 7.59. The summed E-state index contributed by atoms with van der Waals surface area (Å²) in [4.78, 5) is 31.1. The van der Waals surface area contributed by atoms with Gasteiger partial charge in [-0.3, -0.25) is 9.59 Å². The molecular weight excluding hydrogens is 206 g/mol. The maximum atomic E-state index is 11.7. The van der Waals surface area contributed by atoms with Crippen LogP contribution in [0.4, 0.5) is 0 Å². The molecule has 1 aromatic heterocycles. The van der Waals surface area contributed by atoms with Crippen LogP contribution in [-0.2, 0) is 0 Å². The summed E-state index contributed by atoms with van der Waals surface area (Å²) in [7, 11) is 3.36. The number of amides is 1. The van der Waals surface area contributed by atoms with E-state index in [0.717, 1.165) is 0 Å². The van der Waals surface area contributed by atoms with Crippen LogP contribution in [0.1, 0.15) is 10.4 Å². The van der Waals surface area contributed by atoms with Gasteiger partial charge in [0, 0.05) is 19.7 Å². The van der Waals surface area contributed by atoms with Gasteiger partial charge in [-0.25, -0.2) is 4.98 Å². The number of aromatic nitrogens is 2. The first-order valence-electron chi connectivity index (χ1n) is 4.78. The van der Waals surface area contributed by atoms with Gasteiger partial charge in [0.2, 0.25) is 0 Å². The van der Waals surface area contributed by atoms with Gasteiger partial charge in [0.15, 0.2) is 0 Å². The van der Waals surface area contributed by atoms with Crippen molar-refractivity contribution in [3.05, 3.63) is 40.4 Å². The maximum Gasteiger partial charge on any atom is 0.258 e. The van der Waals surface area contributed by atoms with E-state index in [4.69, 9.17) is 0 Å². The lowest BCUT2D eigenvalue weighted by Crippen LogP contribution is -2.21. The number of hydrogen-bond acceptors (Lipinski definition) is 3. The van der Waals surface area contributed by atoms with E-state index in [1.165, 1.54) is 11.2 Å². The third kappa shape index (κ3) is 1.67. The smallest absolute Gasteiger partial charge is 0.258 e. The zero-order chi connectivity index (χ0) is 11.7. The van der Waals surface area contributed by atoms with Gasteiger partial charge in [0.25, 0.3) is 11.5 Å². The number of benzene rings is 1. The van der Waals surface area contributed by atoms with Gasteiger partial charge < -0.3 is 9.88 Å². The van der Waals surface area contributed by atoms with Crippen molar-refractivity contribution in [3.8, 4) is 0 Å². The van der Waals surface area contributed by atoms with Gasteiger partial charge in [-0.05, 0) is 18.2 Å². The second-order valence-corrected chi connectivity index (χ2v) is 3.66. The van der Waals surface area contributed by atoms with E-state index in [0.29, 0.717) is 16.5 Å². The van der Waals surface area contributed by atoms with Gasteiger partial charge in [-0.2, -0.15) is 0 Å². The number of nitrogens with zero attached hydrogens (tertiary/aromatic N) is 2. The first-order valence-corrected chi connectivity index (χ1v) is 4.78. The third-order valence-corrected chi connectivity index (χ3v) is 2.29. The van der Waals surface area contributed by atoms with Crippen LogP contribution >= 0.6 is 0 Å². The number of H-pyrrole nitrogens is 1. The monoisotopic (exact) mass is 217 g/mol. The van der Waals surface area contributed by atoms with E-state index in [2.05, 4.69) is 9.97 Å². The van der Waals surface area contributed by atoms with Gasteiger partial charge in [0.05, 0.1) is 17.2 Å². The summed E-state index contributed by atoms with van der Waals surface area (Å²) >= 11 is 0. The van der Waals surface area contributed by atoms with Crippen LogP contribution in [0.5, 0.6) is 0 Å². The lowest BCUT2D eigenvalue weighted by molar-refractivity contribution is 0.0828. The number of hydrogen-bond donors (Lipinski definition) is 1. The topological polar surface area (TPSA) is 66.1 Å². The van der Waals surface area contributed by atoms with Crippen molar-refractivity contribution in [1.29, 1.82) is 0 Å². The Morgan fingerprint density at radius 3 is 2.81 bits per heavy atom. The molecule has 0 aliphatic rings. The van der Waals surface area contributed by atoms with Crippen LogP contribution < -0.4 is 5.56 Å². The molecule has 2 rings (SSSR count). The Labute approximate surface area is 91.7 Å². The minimum atomic E-state index is -0.200. The Morgan fingerprint density at radius 2 is 2.12 bits per heavy atom. The lowest BCUT2D eigenvalue weighted by Gasteiger charge is -2.10. The normalized spacial score (nSPS) is 10.4. The van der Waals surface area contributed by atoms with Gasteiger partial charge in [-0.15, -0.1) is 0 Å². The van der Waals surface area contributed by atoms with E-state index in [-0.39, 0.29) is 11.5 Å². The molecule has 1 aromatic carbocycles. The second kappa shape index (κ2) is 3.77. The highest BCUT2D eigenvalue weighted by Crippen LogP contribution is 2.10. The van der Waals surface area contributed by atoms with Crippen molar-refractivity contribution in [1.82, 2.24) is 14.9 Å². The van der Waals surface area contributed by atoms with Crippen LogP contribution in [0, 0.1) is 0 Å². The molecule has 0 saturated carbocycles. The molecule has 0 unspecified atom stereocenters. The highest BCUT2D eigenvalue weighted by atomic mass is 16.2. The molecule has 1 amide bonds. The molecule has 1 heterocycles. The number of fused-ring (bicyclic) bond motifs is 1. The Hall–Kier alpha value is -2.17. The molecule has 0 fully saturated rings. The molecule has 0 saturated heterocycles. The molecule has 5 heteroatoms. The van der Waals surface area contributed by atoms with Crippen molar-refractivity contribution < 1.29 is 4.79 Å². The maximum absolute atomic E-state index is 11.7. The van der Waals surface area contributed by atoms with Gasteiger partial charge >= 0.3 is 0 Å². The summed E-state index contributed by atoms with van der Waals surface area (Å²) in [5.41, 5.74) is 0.848. The van der Waals surface area contributed by atoms with Crippen molar-refractivity contribution in [2.75, 3.05) is 14.1 Å². The summed E-state index contributed by atoms with van der Waals surface area (Å²) < 4.78 is 0. The molecule has 1 N–H and O–H groups in total. The van der Waals surface area contributed by atoms with E-state index in [1.54, 1.807) is 32.3 Å². The van der Waals surface area contributed by atoms with Crippen LogP contribution in [0.25, 0.3) is 10.9 Å². The molecule has 82 valence electrons. The number of nitrogens with one attached hydrogen (secondary N) is 1. The molecule has 2 aromatic rings. The quantitative estimate of drug-likeness (QED) is 0.761. The predicted octanol–water partition coefficient (Wildman–Crippen LogP) is 0.625. The van der Waals surface area contributed by atoms with Crippen molar-refractivity contribution in [2.24, 2.45) is 0 Å². The summed E-state index contributed by atoms with van der Waals surface area (Å²) in [5.74, 6) is -0.107. The Bertz CT molecular complexity index is 601. The number of rotatable bonds is 1. The Kier molecular flexibility index (Phi) is 2.44. The predicted molar refractivity (Wildman–Crippen MR) is 60.4 cm³/mol. The summed E-state index contributed by atoms with van der Waals surface area (Å²) in [5, 5.41) is 0.484. The van der Waals surface area contributed by atoms with E-state index >= 15 is 0 Å². The van der Waals surface area contributed by atoms with Gasteiger partial charge in [0.1, 0.15) is 0 Å². The lowest BCUT2D eigenvalue weighted by atomic mass is 10.1. The highest BCUT2D eigenvalue weighted by molar-refractivity contribution is 5.97. The van der Waals surface area contributed by atoms with Crippen LogP contribution in [0.2, 0.25) is 0 Å². The molecule has 0 aliphatic carbocycles. The van der Waals surface area contributed by atoms with Crippen LogP contribution in [0.3, 0.4) is 0 Å². The molecular formula is C11H11N3O2. The number of carbonyl (C=O) groups is 1. The molecule has 0 bridgehead atoms. The minimum Gasteiger partial charge on any atom is -0.345 e. The van der Waals surface area contributed by atoms with Crippen molar-refractivity contribution >= 4 is 16.8 Å². The standard InChI is InChI=1S/C11H11N3O2/c1-14(2)11(16)7-3-4-8-9(5-7)12-6-13-10(8)15/h3-6H,1-2H3,(H,12,13,15). The fourth-order valence-corrected chi connectivity index (χ4v) is 1.46. The summed E-state index contributed by atoms with van der Waals surface area (Å²) in [6.07, 6.45) is 1.33. The fourth-order valence-electron chi connectivity index (χ4n) is 1.46. The minimum absolute atomic E-state index is 0.107. The average molecular weight is 217 g/mol. The van der Waals surface area contributed by atoms with E-state index < -0.39 is 0 Å². The third-order valence-electron chi connectivity index (χ3n) is 2.29. The van der Waals surface area contributed by atoms with E-state index in [1.807, 2.05) is 0 Å². The van der Waals surface area contributed by atoms with Crippen LogP contribution in [0.15, 0.2) is 29.3 Å². The molecule has 0 spiro atoms. The molecule has 5 nitrogen and oxygen atoms in total. The van der Waals surface area contributed by atoms with Crippen molar-refractivity contribution in [3.63, 3.8) is 0 Å². The largest absolute Gasteiger partial charge is 0.345 e.